The minimum Gasteiger partial charge on any atom is -0.495 e. The summed E-state index contributed by atoms with van der Waals surface area (Å²) in [6, 6.07) is 9.02. The third kappa shape index (κ3) is 3.19. The SMILES string of the molecule is COc1ccc(NS(=O)(=O)c2ccc3[nH]c(=O)sc3c2)cc1Cl. The molecule has 0 saturated carbocycles. The van der Waals surface area contributed by atoms with E-state index in [4.69, 9.17) is 16.3 Å². The summed E-state index contributed by atoms with van der Waals surface area (Å²) >= 11 is 6.94. The van der Waals surface area contributed by atoms with Crippen molar-refractivity contribution in [3.8, 4) is 5.75 Å². The highest BCUT2D eigenvalue weighted by Gasteiger charge is 2.16. The quantitative estimate of drug-likeness (QED) is 0.738. The number of rotatable bonds is 4. The number of anilines is 1. The first-order chi connectivity index (χ1) is 10.9. The van der Waals surface area contributed by atoms with Crippen LogP contribution in [0.3, 0.4) is 0 Å². The van der Waals surface area contributed by atoms with Crippen molar-refractivity contribution < 1.29 is 13.2 Å². The molecule has 120 valence electrons. The minimum absolute atomic E-state index is 0.0622. The van der Waals surface area contributed by atoms with E-state index < -0.39 is 10.0 Å². The van der Waals surface area contributed by atoms with E-state index >= 15 is 0 Å². The van der Waals surface area contributed by atoms with Gasteiger partial charge in [-0.3, -0.25) is 9.52 Å². The molecule has 1 aromatic heterocycles. The lowest BCUT2D eigenvalue weighted by Gasteiger charge is -2.10. The summed E-state index contributed by atoms with van der Waals surface area (Å²) in [6.07, 6.45) is 0. The Bertz CT molecular complexity index is 1040. The van der Waals surface area contributed by atoms with Gasteiger partial charge in [0.05, 0.1) is 32.9 Å². The van der Waals surface area contributed by atoms with E-state index in [9.17, 15) is 13.2 Å². The number of halogens is 1. The monoisotopic (exact) mass is 370 g/mol. The Morgan fingerprint density at radius 1 is 1.22 bits per heavy atom. The van der Waals surface area contributed by atoms with E-state index in [1.807, 2.05) is 0 Å². The molecular formula is C14H11ClN2O4S2. The molecule has 0 saturated heterocycles. The van der Waals surface area contributed by atoms with Crippen molar-refractivity contribution in [2.24, 2.45) is 0 Å². The first kappa shape index (κ1) is 15.9. The summed E-state index contributed by atoms with van der Waals surface area (Å²) in [6.45, 7) is 0. The highest BCUT2D eigenvalue weighted by Crippen LogP contribution is 2.29. The molecule has 0 spiro atoms. The Hall–Kier alpha value is -2.03. The van der Waals surface area contributed by atoms with E-state index in [-0.39, 0.29) is 9.77 Å². The second-order valence-corrected chi connectivity index (χ2v) is 7.73. The van der Waals surface area contributed by atoms with Crippen LogP contribution in [0.4, 0.5) is 5.69 Å². The molecule has 1 heterocycles. The fraction of sp³-hybridized carbons (Fsp3) is 0.0714. The molecule has 0 bridgehead atoms. The lowest BCUT2D eigenvalue weighted by atomic mass is 10.3. The van der Waals surface area contributed by atoms with Gasteiger partial charge in [0, 0.05) is 0 Å². The van der Waals surface area contributed by atoms with Crippen LogP contribution >= 0.6 is 22.9 Å². The average molecular weight is 371 g/mol. The molecule has 2 aromatic carbocycles. The summed E-state index contributed by atoms with van der Waals surface area (Å²) in [5, 5.41) is 0.298. The molecule has 0 aliphatic rings. The van der Waals surface area contributed by atoms with Gasteiger partial charge >= 0.3 is 4.87 Å². The molecule has 0 atom stereocenters. The van der Waals surface area contributed by atoms with Gasteiger partial charge in [-0.15, -0.1) is 0 Å². The summed E-state index contributed by atoms with van der Waals surface area (Å²) in [5.74, 6) is 0.452. The Balaban J connectivity index is 1.96. The lowest BCUT2D eigenvalue weighted by Crippen LogP contribution is -2.12. The average Bonchev–Trinajstić information content (AvgIpc) is 2.86. The fourth-order valence-electron chi connectivity index (χ4n) is 2.04. The van der Waals surface area contributed by atoms with Gasteiger partial charge in [-0.2, -0.15) is 0 Å². The van der Waals surface area contributed by atoms with E-state index in [0.29, 0.717) is 26.7 Å². The Kier molecular flexibility index (Phi) is 4.05. The molecule has 0 fully saturated rings. The number of H-pyrrole nitrogens is 1. The molecule has 3 rings (SSSR count). The molecule has 0 aliphatic heterocycles. The van der Waals surface area contributed by atoms with Gasteiger partial charge in [0.15, 0.2) is 0 Å². The van der Waals surface area contributed by atoms with Gasteiger partial charge in [0.25, 0.3) is 10.0 Å². The van der Waals surface area contributed by atoms with Crippen LogP contribution in [-0.4, -0.2) is 20.5 Å². The third-order valence-electron chi connectivity index (χ3n) is 3.11. The molecule has 23 heavy (non-hydrogen) atoms. The van der Waals surface area contributed by atoms with E-state index in [2.05, 4.69) is 9.71 Å². The second-order valence-electron chi connectivity index (χ2n) is 4.63. The Morgan fingerprint density at radius 3 is 2.70 bits per heavy atom. The molecule has 0 aliphatic carbocycles. The van der Waals surface area contributed by atoms with Crippen molar-refractivity contribution in [3.63, 3.8) is 0 Å². The lowest BCUT2D eigenvalue weighted by molar-refractivity contribution is 0.415. The van der Waals surface area contributed by atoms with Crippen LogP contribution in [0.5, 0.6) is 5.75 Å². The van der Waals surface area contributed by atoms with Crippen molar-refractivity contribution in [3.05, 3.63) is 51.1 Å². The predicted octanol–water partition coefficient (Wildman–Crippen LogP) is 3.05. The molecular weight excluding hydrogens is 360 g/mol. The van der Waals surface area contributed by atoms with Gasteiger partial charge in [-0.05, 0) is 36.4 Å². The highest BCUT2D eigenvalue weighted by molar-refractivity contribution is 7.92. The van der Waals surface area contributed by atoms with Gasteiger partial charge in [-0.25, -0.2) is 8.42 Å². The topological polar surface area (TPSA) is 88.3 Å². The minimum atomic E-state index is -3.79. The second kappa shape index (κ2) is 5.88. The number of nitrogens with one attached hydrogen (secondary N) is 2. The number of aromatic amines is 1. The molecule has 6 nitrogen and oxygen atoms in total. The zero-order chi connectivity index (χ0) is 16.6. The van der Waals surface area contributed by atoms with E-state index in [1.54, 1.807) is 18.2 Å². The molecule has 0 unspecified atom stereocenters. The number of aromatic nitrogens is 1. The largest absolute Gasteiger partial charge is 0.495 e. The standard InChI is InChI=1S/C14H11ClN2O4S2/c1-21-12-5-2-8(6-10(12)15)17-23(19,20)9-3-4-11-13(7-9)22-14(18)16-11/h2-7,17H,1H3,(H,16,18). The van der Waals surface area contributed by atoms with Crippen molar-refractivity contribution >= 4 is 48.9 Å². The maximum absolute atomic E-state index is 12.4. The van der Waals surface area contributed by atoms with Crippen LogP contribution in [0.25, 0.3) is 10.2 Å². The maximum Gasteiger partial charge on any atom is 0.305 e. The number of benzene rings is 2. The van der Waals surface area contributed by atoms with E-state index in [0.717, 1.165) is 11.3 Å². The number of fused-ring (bicyclic) bond motifs is 1. The Labute approximate surface area is 140 Å². The summed E-state index contributed by atoms with van der Waals surface area (Å²) < 4.78 is 32.9. The summed E-state index contributed by atoms with van der Waals surface area (Å²) in [4.78, 5) is 13.8. The number of ether oxygens (including phenoxy) is 1. The van der Waals surface area contributed by atoms with Crippen LogP contribution < -0.4 is 14.3 Å². The summed E-state index contributed by atoms with van der Waals surface area (Å²) in [7, 11) is -2.32. The number of sulfonamides is 1. The third-order valence-corrected chi connectivity index (χ3v) is 5.63. The van der Waals surface area contributed by atoms with Gasteiger partial charge in [0.1, 0.15) is 5.75 Å². The molecule has 2 N–H and O–H groups in total. The van der Waals surface area contributed by atoms with Gasteiger partial charge in [0.2, 0.25) is 0 Å². The van der Waals surface area contributed by atoms with Crippen LogP contribution in [0.2, 0.25) is 5.02 Å². The van der Waals surface area contributed by atoms with Crippen molar-refractivity contribution in [1.82, 2.24) is 4.98 Å². The van der Waals surface area contributed by atoms with Crippen molar-refractivity contribution in [1.29, 1.82) is 0 Å². The first-order valence-electron chi connectivity index (χ1n) is 6.38. The molecule has 0 radical (unpaired) electrons. The zero-order valence-corrected chi connectivity index (χ0v) is 14.2. The van der Waals surface area contributed by atoms with Crippen molar-refractivity contribution in [2.75, 3.05) is 11.8 Å². The van der Waals surface area contributed by atoms with Crippen LogP contribution in [-0.2, 0) is 10.0 Å². The number of methoxy groups -OCH3 is 1. The smallest absolute Gasteiger partial charge is 0.305 e. The summed E-state index contributed by atoms with van der Waals surface area (Å²) in [5.41, 5.74) is 0.921. The molecule has 3 aromatic rings. The van der Waals surface area contributed by atoms with Crippen molar-refractivity contribution in [2.45, 2.75) is 4.90 Å². The Morgan fingerprint density at radius 2 is 2.00 bits per heavy atom. The normalized spacial score (nSPS) is 11.6. The highest BCUT2D eigenvalue weighted by atomic mass is 35.5. The van der Waals surface area contributed by atoms with Crippen LogP contribution in [0.1, 0.15) is 0 Å². The predicted molar refractivity (Wildman–Crippen MR) is 91.3 cm³/mol. The van der Waals surface area contributed by atoms with Crippen LogP contribution in [0.15, 0.2) is 46.1 Å². The molecule has 9 heteroatoms. The van der Waals surface area contributed by atoms with Gasteiger partial charge < -0.3 is 9.72 Å². The number of thiazole rings is 1. The van der Waals surface area contributed by atoms with E-state index in [1.165, 1.54) is 25.3 Å². The number of hydrogen-bond donors (Lipinski definition) is 2. The maximum atomic E-state index is 12.4. The van der Waals surface area contributed by atoms with Crippen LogP contribution in [0, 0.1) is 0 Å². The zero-order valence-electron chi connectivity index (χ0n) is 11.8. The fourth-order valence-corrected chi connectivity index (χ4v) is 4.22. The number of hydrogen-bond acceptors (Lipinski definition) is 5. The first-order valence-corrected chi connectivity index (χ1v) is 9.06. The molecule has 0 amide bonds. The van der Waals surface area contributed by atoms with Gasteiger partial charge in [-0.1, -0.05) is 22.9 Å².